The minimum absolute atomic E-state index is 0.0295. The number of amides is 2. The summed E-state index contributed by atoms with van der Waals surface area (Å²) in [4.78, 5) is 21.8. The normalized spacial score (nSPS) is 22.8. The van der Waals surface area contributed by atoms with Crippen LogP contribution in [0, 0.1) is 24.4 Å². The number of sulfonamides is 1. The predicted molar refractivity (Wildman–Crippen MR) is 155 cm³/mol. The molecule has 240 valence electrons. The molecule has 2 aliphatic heterocycles. The maximum Gasteiger partial charge on any atom is 0.317 e. The third-order valence-corrected chi connectivity index (χ3v) is 10.3. The van der Waals surface area contributed by atoms with Crippen molar-refractivity contribution < 1.29 is 35.2 Å². The first-order chi connectivity index (χ1) is 21.3. The van der Waals surface area contributed by atoms with Crippen molar-refractivity contribution in [1.29, 1.82) is 0 Å². The van der Waals surface area contributed by atoms with E-state index in [1.165, 1.54) is 12.1 Å². The molecular formula is C30H31F5N6O3S. The zero-order valence-corrected chi connectivity index (χ0v) is 25.1. The number of hydrogen-bond donors (Lipinski definition) is 2. The van der Waals surface area contributed by atoms with Gasteiger partial charge in [-0.25, -0.2) is 49.4 Å². The van der Waals surface area contributed by atoms with Crippen molar-refractivity contribution in [3.63, 3.8) is 0 Å². The zero-order valence-electron chi connectivity index (χ0n) is 24.2. The highest BCUT2D eigenvalue weighted by Gasteiger charge is 2.42. The number of rotatable bonds is 6. The van der Waals surface area contributed by atoms with Crippen LogP contribution < -0.4 is 14.9 Å². The summed E-state index contributed by atoms with van der Waals surface area (Å²) < 4.78 is 100. The molecule has 3 unspecified atom stereocenters. The zero-order chi connectivity index (χ0) is 32.1. The Hall–Kier alpha value is -4.01. The molecule has 1 aromatic carbocycles. The van der Waals surface area contributed by atoms with Crippen LogP contribution in [-0.2, 0) is 10.0 Å². The van der Waals surface area contributed by atoms with E-state index in [1.807, 2.05) is 0 Å². The fraction of sp³-hybridized carbons (Fsp3) is 0.433. The Morgan fingerprint density at radius 2 is 1.78 bits per heavy atom. The average Bonchev–Trinajstić information content (AvgIpc) is 3.55. The Balaban J connectivity index is 1.23. The highest BCUT2D eigenvalue weighted by atomic mass is 32.2. The van der Waals surface area contributed by atoms with E-state index in [1.54, 1.807) is 19.1 Å². The maximum atomic E-state index is 15.3. The van der Waals surface area contributed by atoms with Crippen molar-refractivity contribution in [1.82, 2.24) is 20.2 Å². The SMILES string of the molecule is Cc1ccc(S(=O)(=O)N2CC(c3nc(NC4CCCC(NC(=O)N5CCC(F)(F)C5)C4)c(F)cc3F)c3cc(F)cnc32)cc1. The molecule has 3 atom stereocenters. The number of alkyl halides is 2. The van der Waals surface area contributed by atoms with Gasteiger partial charge in [-0.05, 0) is 50.8 Å². The molecule has 0 spiro atoms. The van der Waals surface area contributed by atoms with Crippen molar-refractivity contribution >= 4 is 27.7 Å². The number of aromatic nitrogens is 2. The molecule has 3 aliphatic rings. The summed E-state index contributed by atoms with van der Waals surface area (Å²) in [6.07, 6.45) is 2.63. The summed E-state index contributed by atoms with van der Waals surface area (Å²) >= 11 is 0. The number of halogens is 5. The topological polar surface area (TPSA) is 108 Å². The first kappa shape index (κ1) is 31.0. The molecule has 0 bridgehead atoms. The van der Waals surface area contributed by atoms with Gasteiger partial charge >= 0.3 is 6.03 Å². The Kier molecular flexibility index (Phi) is 8.08. The number of fused-ring (bicyclic) bond motifs is 1. The Labute approximate surface area is 256 Å². The van der Waals surface area contributed by atoms with E-state index < -0.39 is 64.4 Å². The number of likely N-dealkylation sites (tertiary alicyclic amines) is 1. The number of aryl methyl sites for hydroxylation is 1. The molecule has 2 N–H and O–H groups in total. The molecule has 2 aromatic heterocycles. The standard InChI is InChI=1S/C30H31F5N6O3S/c1-17-5-7-21(8-6-17)45(43,44)41-15-23(22-11-18(31)14-36-28(22)41)26-24(32)13-25(33)27(39-26)37-19-3-2-4-20(12-19)38-29(42)40-10-9-30(34,35)16-40/h5-8,11,13-14,19-20,23H,2-4,9-10,12,15-16H2,1H3,(H,37,39)(H,38,42). The third-order valence-electron chi connectivity index (χ3n) is 8.52. The second-order valence-corrected chi connectivity index (χ2v) is 13.7. The molecule has 9 nitrogen and oxygen atoms in total. The molecule has 3 aromatic rings. The predicted octanol–water partition coefficient (Wildman–Crippen LogP) is 5.32. The quantitative estimate of drug-likeness (QED) is 0.350. The van der Waals surface area contributed by atoms with Crippen LogP contribution in [0.3, 0.4) is 0 Å². The molecule has 6 rings (SSSR count). The Morgan fingerprint density at radius 1 is 1.04 bits per heavy atom. The smallest absolute Gasteiger partial charge is 0.317 e. The Bertz CT molecular complexity index is 1730. The van der Waals surface area contributed by atoms with E-state index in [0.717, 1.165) is 27.0 Å². The van der Waals surface area contributed by atoms with Crippen LogP contribution in [0.4, 0.5) is 38.4 Å². The van der Waals surface area contributed by atoms with E-state index in [-0.39, 0.29) is 46.9 Å². The fourth-order valence-electron chi connectivity index (χ4n) is 6.19. The van der Waals surface area contributed by atoms with Crippen LogP contribution in [-0.4, -0.2) is 67.0 Å². The van der Waals surface area contributed by atoms with Gasteiger partial charge in [-0.2, -0.15) is 0 Å². The lowest BCUT2D eigenvalue weighted by Gasteiger charge is -2.32. The summed E-state index contributed by atoms with van der Waals surface area (Å²) in [5.41, 5.74) is 0.640. The molecule has 45 heavy (non-hydrogen) atoms. The molecule has 0 radical (unpaired) electrons. The molecule has 4 heterocycles. The molecule has 1 saturated carbocycles. The van der Waals surface area contributed by atoms with Crippen LogP contribution in [0.15, 0.2) is 47.5 Å². The number of pyridine rings is 2. The lowest BCUT2D eigenvalue weighted by Crippen LogP contribution is -2.47. The van der Waals surface area contributed by atoms with E-state index in [2.05, 4.69) is 20.6 Å². The minimum Gasteiger partial charge on any atom is -0.365 e. The van der Waals surface area contributed by atoms with Crippen molar-refractivity contribution in [2.45, 2.75) is 67.8 Å². The van der Waals surface area contributed by atoms with E-state index >= 15 is 8.78 Å². The third kappa shape index (κ3) is 6.26. The van der Waals surface area contributed by atoms with E-state index in [0.29, 0.717) is 31.7 Å². The number of urea groups is 1. The van der Waals surface area contributed by atoms with Crippen molar-refractivity contribution in [3.8, 4) is 0 Å². The van der Waals surface area contributed by atoms with E-state index in [9.17, 15) is 26.4 Å². The first-order valence-electron chi connectivity index (χ1n) is 14.6. The monoisotopic (exact) mass is 650 g/mol. The van der Waals surface area contributed by atoms with Gasteiger partial charge in [0, 0.05) is 43.2 Å². The number of hydrogen-bond acceptors (Lipinski definition) is 6. The first-order valence-corrected chi connectivity index (χ1v) is 16.1. The molecule has 1 aliphatic carbocycles. The lowest BCUT2D eigenvalue weighted by molar-refractivity contribution is 0.0152. The van der Waals surface area contributed by atoms with Gasteiger partial charge in [-0.1, -0.05) is 17.7 Å². The number of benzene rings is 1. The van der Waals surface area contributed by atoms with E-state index in [4.69, 9.17) is 0 Å². The molecule has 15 heteroatoms. The average molecular weight is 651 g/mol. The van der Waals surface area contributed by atoms with Gasteiger partial charge < -0.3 is 15.5 Å². The van der Waals surface area contributed by atoms with Gasteiger partial charge in [0.2, 0.25) is 0 Å². The number of anilines is 2. The number of carbonyl (C=O) groups is 1. The van der Waals surface area contributed by atoms with Gasteiger partial charge in [-0.15, -0.1) is 0 Å². The molecule has 2 amide bonds. The highest BCUT2D eigenvalue weighted by molar-refractivity contribution is 7.92. The van der Waals surface area contributed by atoms with Gasteiger partial charge in [0.05, 0.1) is 29.2 Å². The highest BCUT2D eigenvalue weighted by Crippen LogP contribution is 2.42. The second-order valence-electron chi connectivity index (χ2n) is 11.8. The number of nitrogens with zero attached hydrogens (tertiary/aromatic N) is 4. The maximum absolute atomic E-state index is 15.3. The Morgan fingerprint density at radius 3 is 2.49 bits per heavy atom. The second kappa shape index (κ2) is 11.7. The van der Waals surface area contributed by atoms with Gasteiger partial charge in [0.1, 0.15) is 17.5 Å². The van der Waals surface area contributed by atoms with Crippen LogP contribution in [0.5, 0.6) is 0 Å². The summed E-state index contributed by atoms with van der Waals surface area (Å²) in [6, 6.07) is 6.49. The van der Waals surface area contributed by atoms with Crippen LogP contribution >= 0.6 is 0 Å². The van der Waals surface area contributed by atoms with Gasteiger partial charge in [0.15, 0.2) is 11.6 Å². The molecule has 2 fully saturated rings. The van der Waals surface area contributed by atoms with Crippen molar-refractivity contribution in [2.75, 3.05) is 29.3 Å². The molecular weight excluding hydrogens is 619 g/mol. The fourth-order valence-corrected chi connectivity index (χ4v) is 7.65. The van der Waals surface area contributed by atoms with Gasteiger partial charge in [0.25, 0.3) is 15.9 Å². The summed E-state index contributed by atoms with van der Waals surface area (Å²) in [5.74, 6) is -7.16. The van der Waals surface area contributed by atoms with Crippen molar-refractivity contribution in [2.24, 2.45) is 0 Å². The number of carbonyl (C=O) groups excluding carboxylic acids is 1. The lowest BCUT2D eigenvalue weighted by atomic mass is 9.91. The summed E-state index contributed by atoms with van der Waals surface area (Å²) in [7, 11) is -4.18. The van der Waals surface area contributed by atoms with Crippen LogP contribution in [0.25, 0.3) is 0 Å². The molecule has 1 saturated heterocycles. The van der Waals surface area contributed by atoms with Gasteiger partial charge in [-0.3, -0.25) is 0 Å². The summed E-state index contributed by atoms with van der Waals surface area (Å²) in [6.45, 7) is 0.768. The van der Waals surface area contributed by atoms with Crippen molar-refractivity contribution in [3.05, 3.63) is 76.9 Å². The van der Waals surface area contributed by atoms with Crippen LogP contribution in [0.2, 0.25) is 0 Å². The minimum atomic E-state index is -4.18. The summed E-state index contributed by atoms with van der Waals surface area (Å²) in [5, 5.41) is 5.76. The van der Waals surface area contributed by atoms with Crippen LogP contribution in [0.1, 0.15) is 54.8 Å². The largest absolute Gasteiger partial charge is 0.365 e. The number of nitrogens with one attached hydrogen (secondary N) is 2.